The number of benzene rings is 1. The number of carbonyl (C=O) groups excluding carboxylic acids is 1. The van der Waals surface area contributed by atoms with E-state index in [9.17, 15) is 9.90 Å². The molecule has 0 aliphatic carbocycles. The summed E-state index contributed by atoms with van der Waals surface area (Å²) in [7, 11) is 1.33. The van der Waals surface area contributed by atoms with Crippen molar-refractivity contribution in [3.8, 4) is 11.5 Å². The van der Waals surface area contributed by atoms with Crippen LogP contribution in [-0.2, 0) is 16.2 Å². The third-order valence-corrected chi connectivity index (χ3v) is 4.09. The van der Waals surface area contributed by atoms with E-state index in [1.165, 1.54) is 11.8 Å². The van der Waals surface area contributed by atoms with Gasteiger partial charge in [-0.25, -0.2) is 4.68 Å². The standard InChI is InChI=1S/C15H17N3O4S/c1-21-14(20)12-7-11(19)8-17(12)9-18-15(23)22-13(16-18)10-5-3-2-4-6-10/h2-6,11-12,19H,7-9H2,1H3/t11-,12-/m0/s1. The Kier molecular flexibility index (Phi) is 4.56. The average molecular weight is 335 g/mol. The zero-order valence-corrected chi connectivity index (χ0v) is 13.4. The number of esters is 1. The monoisotopic (exact) mass is 335 g/mol. The molecule has 2 aromatic rings. The van der Waals surface area contributed by atoms with Crippen LogP contribution in [0.5, 0.6) is 0 Å². The number of β-amino-alcohol motifs (C(OH)–C–C–N with tert-alkyl or cyclic N) is 1. The molecule has 1 aliphatic heterocycles. The van der Waals surface area contributed by atoms with Crippen molar-refractivity contribution >= 4 is 18.2 Å². The van der Waals surface area contributed by atoms with Gasteiger partial charge in [-0.1, -0.05) is 18.2 Å². The number of nitrogens with zero attached hydrogens (tertiary/aromatic N) is 3. The van der Waals surface area contributed by atoms with Crippen molar-refractivity contribution in [1.82, 2.24) is 14.7 Å². The Balaban J connectivity index is 1.82. The van der Waals surface area contributed by atoms with Crippen molar-refractivity contribution in [3.05, 3.63) is 35.2 Å². The summed E-state index contributed by atoms with van der Waals surface area (Å²) in [6.07, 6.45) is -0.239. The lowest BCUT2D eigenvalue weighted by Gasteiger charge is -2.21. The Hall–Kier alpha value is -2.03. The van der Waals surface area contributed by atoms with Crippen molar-refractivity contribution in [3.63, 3.8) is 0 Å². The third kappa shape index (κ3) is 3.34. The Morgan fingerprint density at radius 3 is 2.91 bits per heavy atom. The lowest BCUT2D eigenvalue weighted by atomic mass is 10.2. The number of likely N-dealkylation sites (tertiary alicyclic amines) is 1. The number of aliphatic hydroxyl groups excluding tert-OH is 1. The summed E-state index contributed by atoms with van der Waals surface area (Å²) in [4.78, 5) is 13.8. The van der Waals surface area contributed by atoms with Crippen molar-refractivity contribution in [1.29, 1.82) is 0 Å². The van der Waals surface area contributed by atoms with Gasteiger partial charge in [0.05, 0.1) is 19.9 Å². The number of methoxy groups -OCH3 is 1. The van der Waals surface area contributed by atoms with Crippen molar-refractivity contribution in [2.24, 2.45) is 0 Å². The maximum atomic E-state index is 11.8. The highest BCUT2D eigenvalue weighted by Gasteiger charge is 2.37. The second kappa shape index (κ2) is 6.61. The lowest BCUT2D eigenvalue weighted by molar-refractivity contribution is -0.146. The first-order valence-corrected chi connectivity index (χ1v) is 7.62. The zero-order valence-electron chi connectivity index (χ0n) is 12.6. The van der Waals surface area contributed by atoms with Gasteiger partial charge >= 0.3 is 5.97 Å². The third-order valence-electron chi connectivity index (χ3n) is 3.80. The molecule has 1 aliphatic rings. The first kappa shape index (κ1) is 15.9. The maximum absolute atomic E-state index is 11.8. The number of rotatable bonds is 4. The first-order valence-electron chi connectivity index (χ1n) is 7.22. The number of hydrogen-bond donors (Lipinski definition) is 1. The molecule has 0 saturated carbocycles. The predicted octanol–water partition coefficient (Wildman–Crippen LogP) is 1.44. The summed E-state index contributed by atoms with van der Waals surface area (Å²) < 4.78 is 11.8. The summed E-state index contributed by atoms with van der Waals surface area (Å²) >= 11 is 5.20. The number of hydrogen-bond acceptors (Lipinski definition) is 7. The molecule has 3 rings (SSSR count). The molecule has 1 saturated heterocycles. The molecule has 2 atom stereocenters. The SMILES string of the molecule is COC(=O)[C@@H]1C[C@H](O)CN1Cn1nc(-c2ccccc2)oc1=S. The van der Waals surface area contributed by atoms with Gasteiger partial charge in [0.15, 0.2) is 0 Å². The quantitative estimate of drug-likeness (QED) is 0.669. The highest BCUT2D eigenvalue weighted by Crippen LogP contribution is 2.21. The molecule has 1 N–H and O–H groups in total. The summed E-state index contributed by atoms with van der Waals surface area (Å²) in [6.45, 7) is 0.612. The number of aromatic nitrogens is 2. The van der Waals surface area contributed by atoms with Gasteiger partial charge in [-0.3, -0.25) is 9.69 Å². The highest BCUT2D eigenvalue weighted by molar-refractivity contribution is 7.71. The van der Waals surface area contributed by atoms with E-state index in [0.29, 0.717) is 18.9 Å². The average Bonchev–Trinajstić information content (AvgIpc) is 3.11. The molecule has 0 bridgehead atoms. The molecule has 8 heteroatoms. The molecule has 1 aromatic carbocycles. The Morgan fingerprint density at radius 1 is 1.48 bits per heavy atom. The van der Waals surface area contributed by atoms with E-state index >= 15 is 0 Å². The van der Waals surface area contributed by atoms with Crippen LogP contribution in [0.4, 0.5) is 0 Å². The summed E-state index contributed by atoms with van der Waals surface area (Å²) in [5.41, 5.74) is 0.823. The summed E-state index contributed by atoms with van der Waals surface area (Å²) in [5.74, 6) is 0.0461. The second-order valence-electron chi connectivity index (χ2n) is 5.38. The van der Waals surface area contributed by atoms with Gasteiger partial charge in [0, 0.05) is 18.5 Å². The smallest absolute Gasteiger partial charge is 0.323 e. The number of carbonyl (C=O) groups is 1. The molecule has 0 radical (unpaired) electrons. The van der Waals surface area contributed by atoms with Crippen LogP contribution in [0.25, 0.3) is 11.5 Å². The van der Waals surface area contributed by atoms with Gasteiger partial charge < -0.3 is 14.3 Å². The fourth-order valence-corrected chi connectivity index (χ4v) is 2.86. The van der Waals surface area contributed by atoms with Crippen LogP contribution in [-0.4, -0.2) is 51.6 Å². The second-order valence-corrected chi connectivity index (χ2v) is 5.73. The van der Waals surface area contributed by atoms with Crippen LogP contribution in [0.2, 0.25) is 0 Å². The van der Waals surface area contributed by atoms with Crippen LogP contribution >= 0.6 is 12.2 Å². The van der Waals surface area contributed by atoms with Crippen LogP contribution in [0.1, 0.15) is 6.42 Å². The van der Waals surface area contributed by atoms with Gasteiger partial charge in [-0.15, -0.1) is 5.10 Å². The zero-order chi connectivity index (χ0) is 16.4. The topological polar surface area (TPSA) is 80.7 Å². The Labute approximate surface area is 138 Å². The molecule has 122 valence electrons. The van der Waals surface area contributed by atoms with E-state index in [1.54, 1.807) is 4.90 Å². The molecule has 1 aromatic heterocycles. The largest absolute Gasteiger partial charge is 0.468 e. The van der Waals surface area contributed by atoms with E-state index in [1.807, 2.05) is 30.3 Å². The fourth-order valence-electron chi connectivity index (χ4n) is 2.68. The minimum Gasteiger partial charge on any atom is -0.468 e. The summed E-state index contributed by atoms with van der Waals surface area (Å²) in [5, 5.41) is 14.2. The van der Waals surface area contributed by atoms with Gasteiger partial charge in [-0.2, -0.15) is 0 Å². The van der Waals surface area contributed by atoms with E-state index in [-0.39, 0.29) is 17.5 Å². The Bertz CT molecular complexity index is 743. The molecule has 0 spiro atoms. The minimum absolute atomic E-state index is 0.217. The number of aliphatic hydroxyl groups is 1. The fraction of sp³-hybridized carbons (Fsp3) is 0.400. The molecular weight excluding hydrogens is 318 g/mol. The van der Waals surface area contributed by atoms with E-state index in [2.05, 4.69) is 5.10 Å². The molecule has 7 nitrogen and oxygen atoms in total. The normalized spacial score (nSPS) is 21.5. The van der Waals surface area contributed by atoms with Crippen molar-refractivity contribution < 1.29 is 19.1 Å². The molecule has 0 unspecified atom stereocenters. The molecule has 1 fully saturated rings. The van der Waals surface area contributed by atoms with Gasteiger partial charge in [0.1, 0.15) is 6.04 Å². The van der Waals surface area contributed by atoms with Gasteiger partial charge in [0.2, 0.25) is 5.89 Å². The van der Waals surface area contributed by atoms with Crippen LogP contribution in [0, 0.1) is 4.84 Å². The van der Waals surface area contributed by atoms with Gasteiger partial charge in [0.25, 0.3) is 4.84 Å². The molecule has 2 heterocycles. The number of ether oxygens (including phenoxy) is 1. The van der Waals surface area contributed by atoms with E-state index in [0.717, 1.165) is 5.56 Å². The van der Waals surface area contributed by atoms with Crippen LogP contribution in [0.15, 0.2) is 34.7 Å². The Morgan fingerprint density at radius 2 is 2.22 bits per heavy atom. The lowest BCUT2D eigenvalue weighted by Crippen LogP contribution is -2.38. The minimum atomic E-state index is -0.575. The molecule has 23 heavy (non-hydrogen) atoms. The van der Waals surface area contributed by atoms with E-state index in [4.69, 9.17) is 21.4 Å². The molecular formula is C15H17N3O4S. The van der Waals surface area contributed by atoms with E-state index < -0.39 is 12.1 Å². The predicted molar refractivity (Wildman–Crippen MR) is 83.9 cm³/mol. The molecule has 0 amide bonds. The van der Waals surface area contributed by atoms with Crippen LogP contribution in [0.3, 0.4) is 0 Å². The highest BCUT2D eigenvalue weighted by atomic mass is 32.1. The maximum Gasteiger partial charge on any atom is 0.323 e. The van der Waals surface area contributed by atoms with Crippen molar-refractivity contribution in [2.75, 3.05) is 13.7 Å². The van der Waals surface area contributed by atoms with Crippen molar-refractivity contribution in [2.45, 2.75) is 25.2 Å². The van der Waals surface area contributed by atoms with Gasteiger partial charge in [-0.05, 0) is 24.4 Å². The van der Waals surface area contributed by atoms with Crippen LogP contribution < -0.4 is 0 Å². The first-order chi connectivity index (χ1) is 11.1. The summed E-state index contributed by atoms with van der Waals surface area (Å²) in [6, 6.07) is 8.92.